The maximum atomic E-state index is 13.5. The molecule has 3 aromatic carbocycles. The highest BCUT2D eigenvalue weighted by molar-refractivity contribution is 7.89. The Morgan fingerprint density at radius 1 is 1.03 bits per heavy atom. The first kappa shape index (κ1) is 26.0. The second kappa shape index (κ2) is 11.7. The molecule has 180 valence electrons. The molecule has 6 nitrogen and oxygen atoms in total. The molecule has 0 aliphatic carbocycles. The quantitative estimate of drug-likeness (QED) is 0.402. The molecule has 1 atom stereocenters. The smallest absolute Gasteiger partial charge is 0.243 e. The number of hydrogen-bond donors (Lipinski definition) is 1. The second-order valence-electron chi connectivity index (χ2n) is 7.71. The summed E-state index contributed by atoms with van der Waals surface area (Å²) in [6, 6.07) is 20.5. The maximum absolute atomic E-state index is 13.5. The van der Waals surface area contributed by atoms with Crippen molar-refractivity contribution in [2.45, 2.75) is 24.3 Å². The fraction of sp³-hybridized carbons (Fsp3) is 0.240. The highest BCUT2D eigenvalue weighted by atomic mass is 35.5. The highest BCUT2D eigenvalue weighted by Crippen LogP contribution is 2.28. The molecular formula is C25H26Cl2N2O4S. The molecular weight excluding hydrogens is 495 g/mol. The summed E-state index contributed by atoms with van der Waals surface area (Å²) in [4.78, 5) is 12.9. The van der Waals surface area contributed by atoms with Gasteiger partial charge in [-0.15, -0.1) is 0 Å². The summed E-state index contributed by atoms with van der Waals surface area (Å²) in [5, 5.41) is 3.63. The highest BCUT2D eigenvalue weighted by Gasteiger charge is 2.28. The fourth-order valence-electron chi connectivity index (χ4n) is 3.42. The van der Waals surface area contributed by atoms with Crippen LogP contribution < -0.4 is 10.1 Å². The van der Waals surface area contributed by atoms with Crippen LogP contribution in [0.2, 0.25) is 10.0 Å². The predicted octanol–water partition coefficient (Wildman–Crippen LogP) is 5.11. The first-order chi connectivity index (χ1) is 16.2. The van der Waals surface area contributed by atoms with Gasteiger partial charge in [-0.3, -0.25) is 4.79 Å². The number of ether oxygens (including phenoxy) is 1. The van der Waals surface area contributed by atoms with Crippen LogP contribution in [0.25, 0.3) is 0 Å². The van der Waals surface area contributed by atoms with Gasteiger partial charge in [0.2, 0.25) is 15.9 Å². The van der Waals surface area contributed by atoms with Gasteiger partial charge in [0.15, 0.2) is 0 Å². The summed E-state index contributed by atoms with van der Waals surface area (Å²) < 4.78 is 33.2. The van der Waals surface area contributed by atoms with Crippen LogP contribution in [-0.4, -0.2) is 38.8 Å². The number of methoxy groups -OCH3 is 1. The number of nitrogens with one attached hydrogen (secondary N) is 1. The zero-order valence-corrected chi connectivity index (χ0v) is 21.2. The maximum Gasteiger partial charge on any atom is 0.243 e. The van der Waals surface area contributed by atoms with Gasteiger partial charge in [-0.05, 0) is 54.8 Å². The van der Waals surface area contributed by atoms with Gasteiger partial charge in [-0.2, -0.15) is 4.31 Å². The average Bonchev–Trinajstić information content (AvgIpc) is 2.82. The lowest BCUT2D eigenvalue weighted by Gasteiger charge is -2.23. The van der Waals surface area contributed by atoms with Gasteiger partial charge in [-0.25, -0.2) is 8.42 Å². The Hall–Kier alpha value is -2.58. The lowest BCUT2D eigenvalue weighted by molar-refractivity contribution is -0.121. The van der Waals surface area contributed by atoms with E-state index in [2.05, 4.69) is 5.32 Å². The van der Waals surface area contributed by atoms with Crippen molar-refractivity contribution in [1.82, 2.24) is 9.62 Å². The molecule has 3 aromatic rings. The molecule has 0 heterocycles. The summed E-state index contributed by atoms with van der Waals surface area (Å²) in [5.41, 5.74) is 1.82. The van der Waals surface area contributed by atoms with Crippen molar-refractivity contribution in [2.75, 3.05) is 20.2 Å². The SMILES string of the molecule is COc1ccc(S(=O)(=O)N(CCc2ccccc2)CC(=O)N[C@@H](C)c2ccc(Cl)cc2)cc1Cl. The van der Waals surface area contributed by atoms with Crippen LogP contribution in [0.3, 0.4) is 0 Å². The summed E-state index contributed by atoms with van der Waals surface area (Å²) >= 11 is 12.1. The van der Waals surface area contributed by atoms with E-state index in [9.17, 15) is 13.2 Å². The van der Waals surface area contributed by atoms with Crippen molar-refractivity contribution in [1.29, 1.82) is 0 Å². The molecule has 0 aliphatic rings. The van der Waals surface area contributed by atoms with E-state index in [-0.39, 0.29) is 29.0 Å². The van der Waals surface area contributed by atoms with Crippen LogP contribution in [0.5, 0.6) is 5.75 Å². The van der Waals surface area contributed by atoms with Crippen LogP contribution in [0.4, 0.5) is 0 Å². The minimum absolute atomic E-state index is 0.00934. The van der Waals surface area contributed by atoms with Gasteiger partial charge in [0.05, 0.1) is 29.6 Å². The average molecular weight is 521 g/mol. The first-order valence-electron chi connectivity index (χ1n) is 10.6. The summed E-state index contributed by atoms with van der Waals surface area (Å²) in [6.45, 7) is 1.61. The molecule has 3 rings (SSSR count). The standard InChI is InChI=1S/C25H26Cl2N2O4S/c1-18(20-8-10-21(26)11-9-20)28-25(30)17-29(15-14-19-6-4-3-5-7-19)34(31,32)22-12-13-24(33-2)23(27)16-22/h3-13,16,18H,14-15,17H2,1-2H3,(H,28,30)/t18-/m0/s1. The van der Waals surface area contributed by atoms with Crippen molar-refractivity contribution >= 4 is 39.1 Å². The van der Waals surface area contributed by atoms with E-state index in [4.69, 9.17) is 27.9 Å². The predicted molar refractivity (Wildman–Crippen MR) is 135 cm³/mol. The summed E-state index contributed by atoms with van der Waals surface area (Å²) in [7, 11) is -2.55. The number of rotatable bonds is 10. The number of sulfonamides is 1. The first-order valence-corrected chi connectivity index (χ1v) is 12.8. The van der Waals surface area contributed by atoms with E-state index in [1.54, 1.807) is 12.1 Å². The normalized spacial score (nSPS) is 12.4. The Bertz CT molecular complexity index is 1220. The van der Waals surface area contributed by atoms with Gasteiger partial charge in [-0.1, -0.05) is 65.7 Å². The van der Waals surface area contributed by atoms with Crippen LogP contribution in [0.1, 0.15) is 24.1 Å². The number of amides is 1. The van der Waals surface area contributed by atoms with Crippen LogP contribution in [0.15, 0.2) is 77.7 Å². The Balaban J connectivity index is 1.81. The van der Waals surface area contributed by atoms with Gasteiger partial charge < -0.3 is 10.1 Å². The number of halogens is 2. The third-order valence-electron chi connectivity index (χ3n) is 5.32. The molecule has 0 radical (unpaired) electrons. The Labute approximate surface area is 210 Å². The van der Waals surface area contributed by atoms with Gasteiger partial charge >= 0.3 is 0 Å². The zero-order chi connectivity index (χ0) is 24.7. The van der Waals surface area contributed by atoms with Crippen LogP contribution in [0, 0.1) is 0 Å². The number of hydrogen-bond acceptors (Lipinski definition) is 4. The molecule has 0 spiro atoms. The summed E-state index contributed by atoms with van der Waals surface area (Å²) in [5.74, 6) is -0.0512. The molecule has 0 aromatic heterocycles. The molecule has 0 saturated heterocycles. The van der Waals surface area contributed by atoms with E-state index in [1.165, 1.54) is 29.6 Å². The Morgan fingerprint density at radius 2 is 1.71 bits per heavy atom. The van der Waals surface area contributed by atoms with Crippen LogP contribution in [-0.2, 0) is 21.2 Å². The molecule has 34 heavy (non-hydrogen) atoms. The largest absolute Gasteiger partial charge is 0.495 e. The van der Waals surface area contributed by atoms with E-state index in [0.717, 1.165) is 11.1 Å². The second-order valence-corrected chi connectivity index (χ2v) is 10.5. The number of nitrogens with zero attached hydrogens (tertiary/aromatic N) is 1. The third-order valence-corrected chi connectivity index (χ3v) is 7.71. The molecule has 0 fully saturated rings. The third kappa shape index (κ3) is 6.73. The van der Waals surface area contributed by atoms with Gasteiger partial charge in [0, 0.05) is 11.6 Å². The topological polar surface area (TPSA) is 75.7 Å². The minimum atomic E-state index is -4.00. The number of carbonyl (C=O) groups is 1. The van der Waals surface area contributed by atoms with Gasteiger partial charge in [0.1, 0.15) is 5.75 Å². The molecule has 1 amide bonds. The van der Waals surface area contributed by atoms with E-state index in [0.29, 0.717) is 17.2 Å². The van der Waals surface area contributed by atoms with Crippen molar-refractivity contribution in [3.05, 3.63) is 94.0 Å². The van der Waals surface area contributed by atoms with E-state index < -0.39 is 15.9 Å². The molecule has 0 bridgehead atoms. The van der Waals surface area contributed by atoms with Crippen molar-refractivity contribution in [2.24, 2.45) is 0 Å². The Kier molecular flexibility index (Phi) is 8.97. The molecule has 9 heteroatoms. The van der Waals surface area contributed by atoms with E-state index >= 15 is 0 Å². The van der Waals surface area contributed by atoms with Crippen LogP contribution >= 0.6 is 23.2 Å². The molecule has 0 unspecified atom stereocenters. The molecule has 0 saturated carbocycles. The molecule has 0 aliphatic heterocycles. The van der Waals surface area contributed by atoms with Crippen molar-refractivity contribution in [3.63, 3.8) is 0 Å². The number of benzene rings is 3. The van der Waals surface area contributed by atoms with Gasteiger partial charge in [0.25, 0.3) is 0 Å². The monoisotopic (exact) mass is 520 g/mol. The van der Waals surface area contributed by atoms with Crippen molar-refractivity contribution in [3.8, 4) is 5.75 Å². The number of carbonyl (C=O) groups excluding carboxylic acids is 1. The minimum Gasteiger partial charge on any atom is -0.495 e. The Morgan fingerprint density at radius 3 is 2.32 bits per heavy atom. The lowest BCUT2D eigenvalue weighted by atomic mass is 10.1. The zero-order valence-electron chi connectivity index (χ0n) is 18.9. The van der Waals surface area contributed by atoms with E-state index in [1.807, 2.05) is 49.4 Å². The summed E-state index contributed by atoms with van der Waals surface area (Å²) in [6.07, 6.45) is 0.448. The lowest BCUT2D eigenvalue weighted by Crippen LogP contribution is -2.42. The fourth-order valence-corrected chi connectivity index (χ4v) is 5.29. The van der Waals surface area contributed by atoms with Crippen molar-refractivity contribution < 1.29 is 17.9 Å². The molecule has 1 N–H and O–H groups in total.